The minimum atomic E-state index is -1.16. The summed E-state index contributed by atoms with van der Waals surface area (Å²) in [6.45, 7) is 5.69. The summed E-state index contributed by atoms with van der Waals surface area (Å²) in [6, 6.07) is 2.32. The van der Waals surface area contributed by atoms with E-state index in [0.29, 0.717) is 24.0 Å². The maximum atomic E-state index is 13.6. The van der Waals surface area contributed by atoms with Gasteiger partial charge in [-0.25, -0.2) is 8.78 Å². The second-order valence-electron chi connectivity index (χ2n) is 5.96. The molecule has 0 heterocycles. The summed E-state index contributed by atoms with van der Waals surface area (Å²) in [5.74, 6) is -1.01. The zero-order chi connectivity index (χ0) is 14.2. The average Bonchev–Trinajstić information content (AvgIpc) is 2.26. The molecule has 19 heavy (non-hydrogen) atoms. The van der Waals surface area contributed by atoms with Gasteiger partial charge in [0.05, 0.1) is 6.04 Å². The van der Waals surface area contributed by atoms with Gasteiger partial charge in [0.15, 0.2) is 0 Å². The molecule has 0 radical (unpaired) electrons. The van der Waals surface area contributed by atoms with Gasteiger partial charge in [0.2, 0.25) is 0 Å². The Balaban J connectivity index is 2.10. The van der Waals surface area contributed by atoms with Crippen molar-refractivity contribution in [3.05, 3.63) is 34.9 Å². The van der Waals surface area contributed by atoms with Gasteiger partial charge in [0.25, 0.3) is 0 Å². The van der Waals surface area contributed by atoms with Crippen LogP contribution in [0, 0.1) is 11.6 Å². The first kappa shape index (κ1) is 14.8. The number of nitrogens with one attached hydrogen (secondary N) is 1. The molecule has 1 aliphatic rings. The van der Waals surface area contributed by atoms with Crippen molar-refractivity contribution in [1.29, 1.82) is 0 Å². The fourth-order valence-electron chi connectivity index (χ4n) is 2.23. The lowest BCUT2D eigenvalue weighted by atomic mass is 9.88. The molecule has 0 aliphatic heterocycles. The highest BCUT2D eigenvalue weighted by atomic mass is 32.2. The van der Waals surface area contributed by atoms with Crippen molar-refractivity contribution in [2.75, 3.05) is 0 Å². The van der Waals surface area contributed by atoms with Gasteiger partial charge >= 0.3 is 0 Å². The Morgan fingerprint density at radius 1 is 1.32 bits per heavy atom. The third-order valence-electron chi connectivity index (χ3n) is 3.29. The van der Waals surface area contributed by atoms with Gasteiger partial charge in [-0.05, 0) is 57.2 Å². The first-order valence-electron chi connectivity index (χ1n) is 6.42. The highest BCUT2D eigenvalue weighted by molar-refractivity contribution is 7.90. The highest BCUT2D eigenvalue weighted by Crippen LogP contribution is 2.26. The van der Waals surface area contributed by atoms with E-state index in [1.807, 2.05) is 20.8 Å². The molecule has 0 amide bonds. The maximum Gasteiger partial charge on any atom is 0.136 e. The Morgan fingerprint density at radius 3 is 2.63 bits per heavy atom. The Morgan fingerprint density at radius 2 is 2.00 bits per heavy atom. The predicted molar refractivity (Wildman–Crippen MR) is 73.2 cm³/mol. The van der Waals surface area contributed by atoms with Crippen molar-refractivity contribution >= 4 is 11.4 Å². The van der Waals surface area contributed by atoms with E-state index in [2.05, 4.69) is 4.72 Å². The summed E-state index contributed by atoms with van der Waals surface area (Å²) in [5.41, 5.74) is 1.29. The first-order chi connectivity index (χ1) is 8.77. The molecule has 5 heteroatoms. The lowest BCUT2D eigenvalue weighted by Crippen LogP contribution is -2.46. The molecule has 0 fully saturated rings. The molecule has 0 saturated heterocycles. The van der Waals surface area contributed by atoms with Crippen LogP contribution in [-0.2, 0) is 24.2 Å². The van der Waals surface area contributed by atoms with Gasteiger partial charge in [-0.2, -0.15) is 0 Å². The van der Waals surface area contributed by atoms with Crippen molar-refractivity contribution in [1.82, 2.24) is 4.72 Å². The summed E-state index contributed by atoms with van der Waals surface area (Å²) in [6.07, 6.45) is 1.80. The first-order valence-corrected chi connectivity index (χ1v) is 7.57. The quantitative estimate of drug-likeness (QED) is 0.849. The molecule has 1 aromatic rings. The van der Waals surface area contributed by atoms with E-state index in [1.165, 1.54) is 6.07 Å². The molecule has 2 atom stereocenters. The van der Waals surface area contributed by atoms with Gasteiger partial charge in [-0.15, -0.1) is 4.72 Å². The molecule has 1 aliphatic carbocycles. The van der Waals surface area contributed by atoms with Crippen molar-refractivity contribution in [3.63, 3.8) is 0 Å². The van der Waals surface area contributed by atoms with Crippen LogP contribution in [0.3, 0.4) is 0 Å². The lowest BCUT2D eigenvalue weighted by molar-refractivity contribution is 0.475. The smallest absolute Gasteiger partial charge is 0.136 e. The minimum absolute atomic E-state index is 0.00811. The molecule has 1 unspecified atom stereocenters. The number of benzene rings is 1. The molecule has 0 bridgehead atoms. The number of fused-ring (bicyclic) bond motifs is 1. The van der Waals surface area contributed by atoms with Crippen LogP contribution in [0.25, 0.3) is 0 Å². The van der Waals surface area contributed by atoms with Crippen LogP contribution in [0.4, 0.5) is 8.78 Å². The van der Waals surface area contributed by atoms with Crippen LogP contribution < -0.4 is 4.72 Å². The lowest BCUT2D eigenvalue weighted by Gasteiger charge is -2.30. The van der Waals surface area contributed by atoms with Crippen molar-refractivity contribution in [3.8, 4) is 0 Å². The van der Waals surface area contributed by atoms with Gasteiger partial charge in [-0.1, -0.05) is 0 Å². The number of hydrogen-bond donors (Lipinski definition) is 1. The van der Waals surface area contributed by atoms with Gasteiger partial charge < -0.3 is 4.55 Å². The number of rotatable bonds is 2. The van der Waals surface area contributed by atoms with E-state index >= 15 is 0 Å². The summed E-state index contributed by atoms with van der Waals surface area (Å²) < 4.78 is 41.6. The Bertz CT molecular complexity index is 473. The zero-order valence-electron chi connectivity index (χ0n) is 11.4. The van der Waals surface area contributed by atoms with Crippen molar-refractivity contribution < 1.29 is 13.3 Å². The minimum Gasteiger partial charge on any atom is -0.598 e. The number of hydrogen-bond acceptors (Lipinski definition) is 2. The molecule has 0 spiro atoms. The van der Waals surface area contributed by atoms with Crippen LogP contribution >= 0.6 is 0 Å². The molecule has 1 N–H and O–H groups in total. The van der Waals surface area contributed by atoms with Crippen LogP contribution in [0.5, 0.6) is 0 Å². The largest absolute Gasteiger partial charge is 0.598 e. The van der Waals surface area contributed by atoms with Crippen LogP contribution in [0.1, 0.15) is 38.3 Å². The standard InChI is InChI=1S/C14H19F2NOS/c1-14(2,3)19(18)17-11-4-5-12-9(7-11)6-10(15)8-13(12)16/h6,8,11,17H,4-5,7H2,1-3H3/t11-,19?/m0/s1. The second-order valence-corrected chi connectivity index (χ2v) is 7.96. The zero-order valence-corrected chi connectivity index (χ0v) is 12.2. The van der Waals surface area contributed by atoms with E-state index in [1.54, 1.807) is 0 Å². The molecule has 0 saturated carbocycles. The Kier molecular flexibility index (Phi) is 4.18. The van der Waals surface area contributed by atoms with Gasteiger partial charge in [-0.3, -0.25) is 0 Å². The normalized spacial score (nSPS) is 21.1. The van der Waals surface area contributed by atoms with E-state index in [9.17, 15) is 13.3 Å². The summed E-state index contributed by atoms with van der Waals surface area (Å²) >= 11 is -1.16. The van der Waals surface area contributed by atoms with E-state index in [-0.39, 0.29) is 10.8 Å². The Hall–Kier alpha value is -0.650. The van der Waals surface area contributed by atoms with E-state index in [4.69, 9.17) is 0 Å². The average molecular weight is 287 g/mol. The molecule has 1 aromatic carbocycles. The molecule has 2 nitrogen and oxygen atoms in total. The number of halogens is 2. The molecule has 106 valence electrons. The Labute approximate surface area is 115 Å². The second kappa shape index (κ2) is 5.38. The van der Waals surface area contributed by atoms with Gasteiger partial charge in [0, 0.05) is 17.4 Å². The summed E-state index contributed by atoms with van der Waals surface area (Å²) in [5, 5.41) is 0. The van der Waals surface area contributed by atoms with E-state index < -0.39 is 23.0 Å². The van der Waals surface area contributed by atoms with Crippen LogP contribution in [-0.4, -0.2) is 15.3 Å². The monoisotopic (exact) mass is 287 g/mol. The molecular weight excluding hydrogens is 268 g/mol. The topological polar surface area (TPSA) is 35.1 Å². The predicted octanol–water partition coefficient (Wildman–Crippen LogP) is 2.87. The van der Waals surface area contributed by atoms with E-state index in [0.717, 1.165) is 12.5 Å². The maximum absolute atomic E-state index is 13.6. The fraction of sp³-hybridized carbons (Fsp3) is 0.571. The summed E-state index contributed by atoms with van der Waals surface area (Å²) in [4.78, 5) is 0. The fourth-order valence-corrected chi connectivity index (χ4v) is 3.09. The summed E-state index contributed by atoms with van der Waals surface area (Å²) in [7, 11) is 0. The third kappa shape index (κ3) is 3.46. The molecular formula is C14H19F2NOS. The van der Waals surface area contributed by atoms with Gasteiger partial charge in [0.1, 0.15) is 16.4 Å². The SMILES string of the molecule is CC(C)(C)[S+]([O-])N[C@H]1CCc2c(F)cc(F)cc2C1. The van der Waals surface area contributed by atoms with Crippen LogP contribution in [0.15, 0.2) is 12.1 Å². The van der Waals surface area contributed by atoms with Crippen molar-refractivity contribution in [2.45, 2.75) is 50.8 Å². The highest BCUT2D eigenvalue weighted by Gasteiger charge is 2.31. The molecule has 2 rings (SSSR count). The van der Waals surface area contributed by atoms with Crippen LogP contribution in [0.2, 0.25) is 0 Å². The van der Waals surface area contributed by atoms with Crippen molar-refractivity contribution in [2.24, 2.45) is 0 Å². The third-order valence-corrected chi connectivity index (χ3v) is 4.95. The molecule has 0 aromatic heterocycles.